The van der Waals surface area contributed by atoms with E-state index in [4.69, 9.17) is 18.5 Å². The van der Waals surface area contributed by atoms with Crippen LogP contribution in [0.3, 0.4) is 0 Å². The van der Waals surface area contributed by atoms with Crippen LogP contribution in [0, 0.1) is 0 Å². The lowest BCUT2D eigenvalue weighted by Crippen LogP contribution is -2.37. The molecule has 0 aliphatic heterocycles. The normalized spacial score (nSPS) is 14.2. The van der Waals surface area contributed by atoms with E-state index in [2.05, 4.69) is 80.7 Å². The van der Waals surface area contributed by atoms with Crippen molar-refractivity contribution in [3.63, 3.8) is 0 Å². The largest absolute Gasteiger partial charge is 0.472 e. The molecule has 1 unspecified atom stereocenters. The molecule has 334 valence electrons. The van der Waals surface area contributed by atoms with E-state index in [9.17, 15) is 19.0 Å². The molecule has 0 saturated carbocycles. The van der Waals surface area contributed by atoms with Gasteiger partial charge < -0.3 is 18.9 Å². The Kier molecular flexibility index (Phi) is 38.1. The maximum atomic E-state index is 12.7. The standard InChI is InChI=1S/C48H84NO8P/c1-6-8-10-12-14-16-18-20-22-24-26-28-30-32-34-36-38-40-47(50)54-44-46(45-56-58(52,53)55-43-42-49(3,4)5)57-48(51)41-39-37-35-33-31-29-27-25-23-21-19-17-15-13-11-9-7-2/h15,17,21,23,26-29,32-35,46H,6-14,16,18-20,22,24-25,30-31,36-45H2,1-5H3/p+1/b17-15+,23-21+,28-26+,29-27+,34-32+,35-33+/t46-/m1/s1. The lowest BCUT2D eigenvalue weighted by Gasteiger charge is -2.24. The van der Waals surface area contributed by atoms with Gasteiger partial charge in [0, 0.05) is 12.8 Å². The van der Waals surface area contributed by atoms with Crippen LogP contribution in [-0.4, -0.2) is 74.9 Å². The molecule has 2 atom stereocenters. The summed E-state index contributed by atoms with van der Waals surface area (Å²) >= 11 is 0. The van der Waals surface area contributed by atoms with Gasteiger partial charge in [0.1, 0.15) is 19.8 Å². The fourth-order valence-corrected chi connectivity index (χ4v) is 6.37. The van der Waals surface area contributed by atoms with Gasteiger partial charge in [-0.2, -0.15) is 0 Å². The topological polar surface area (TPSA) is 108 Å². The summed E-state index contributed by atoms with van der Waals surface area (Å²) in [6.07, 6.45) is 49.7. The molecule has 0 spiro atoms. The average molecular weight is 835 g/mol. The van der Waals surface area contributed by atoms with Crippen molar-refractivity contribution in [1.82, 2.24) is 0 Å². The first-order valence-electron chi connectivity index (χ1n) is 22.7. The number of carbonyl (C=O) groups excluding carboxylic acids is 2. The molecule has 0 aliphatic carbocycles. The first kappa shape index (κ1) is 55.5. The number of phosphoric acid groups is 1. The molecule has 0 aromatic carbocycles. The van der Waals surface area contributed by atoms with Gasteiger partial charge in [-0.25, -0.2) is 4.57 Å². The highest BCUT2D eigenvalue weighted by Gasteiger charge is 2.27. The first-order chi connectivity index (χ1) is 28.0. The summed E-state index contributed by atoms with van der Waals surface area (Å²) in [6.45, 7) is 4.27. The van der Waals surface area contributed by atoms with Crippen molar-refractivity contribution in [3.05, 3.63) is 72.9 Å². The zero-order valence-electron chi connectivity index (χ0n) is 37.5. The van der Waals surface area contributed by atoms with Crippen molar-refractivity contribution < 1.29 is 42.1 Å². The third kappa shape index (κ3) is 43.0. The van der Waals surface area contributed by atoms with Crippen LogP contribution < -0.4 is 0 Å². The number of quaternary nitrogens is 1. The Balaban J connectivity index is 4.52. The van der Waals surface area contributed by atoms with Gasteiger partial charge in [-0.1, -0.05) is 151 Å². The number of rotatable bonds is 40. The van der Waals surface area contributed by atoms with Gasteiger partial charge in [0.2, 0.25) is 0 Å². The fourth-order valence-electron chi connectivity index (χ4n) is 5.63. The van der Waals surface area contributed by atoms with Crippen molar-refractivity contribution in [3.8, 4) is 0 Å². The Morgan fingerprint density at radius 3 is 1.41 bits per heavy atom. The predicted molar refractivity (Wildman–Crippen MR) is 242 cm³/mol. The second-order valence-corrected chi connectivity index (χ2v) is 17.5. The third-order valence-corrected chi connectivity index (χ3v) is 10.2. The quantitative estimate of drug-likeness (QED) is 0.0214. The van der Waals surface area contributed by atoms with E-state index in [0.29, 0.717) is 30.3 Å². The highest BCUT2D eigenvalue weighted by molar-refractivity contribution is 7.47. The number of hydrogen-bond donors (Lipinski definition) is 1. The molecule has 1 N–H and O–H groups in total. The van der Waals surface area contributed by atoms with Crippen LogP contribution in [0.2, 0.25) is 0 Å². The van der Waals surface area contributed by atoms with E-state index in [0.717, 1.165) is 38.5 Å². The van der Waals surface area contributed by atoms with E-state index in [1.807, 2.05) is 27.2 Å². The minimum absolute atomic E-state index is 0.0122. The van der Waals surface area contributed by atoms with Crippen LogP contribution in [0.1, 0.15) is 168 Å². The summed E-state index contributed by atoms with van der Waals surface area (Å²) in [5.41, 5.74) is 0. The molecule has 0 fully saturated rings. The Morgan fingerprint density at radius 1 is 0.534 bits per heavy atom. The van der Waals surface area contributed by atoms with E-state index < -0.39 is 32.5 Å². The molecule has 0 aromatic rings. The number of nitrogens with zero attached hydrogens (tertiary/aromatic N) is 1. The molecule has 0 heterocycles. The van der Waals surface area contributed by atoms with Crippen molar-refractivity contribution in [1.29, 1.82) is 0 Å². The van der Waals surface area contributed by atoms with Crippen LogP contribution in [0.4, 0.5) is 0 Å². The Hall–Kier alpha value is -2.55. The van der Waals surface area contributed by atoms with Gasteiger partial charge >= 0.3 is 19.8 Å². The maximum Gasteiger partial charge on any atom is 0.472 e. The highest BCUT2D eigenvalue weighted by Crippen LogP contribution is 2.43. The summed E-state index contributed by atoms with van der Waals surface area (Å²) in [7, 11) is 1.41. The zero-order valence-corrected chi connectivity index (χ0v) is 38.4. The second-order valence-electron chi connectivity index (χ2n) is 16.1. The lowest BCUT2D eigenvalue weighted by molar-refractivity contribution is -0.870. The van der Waals surface area contributed by atoms with Gasteiger partial charge in [0.15, 0.2) is 6.10 Å². The van der Waals surface area contributed by atoms with Crippen molar-refractivity contribution >= 4 is 19.8 Å². The minimum atomic E-state index is -4.40. The number of hydrogen-bond acceptors (Lipinski definition) is 7. The Bertz CT molecular complexity index is 1220. The van der Waals surface area contributed by atoms with Crippen LogP contribution in [0.5, 0.6) is 0 Å². The number of phosphoric ester groups is 1. The smallest absolute Gasteiger partial charge is 0.462 e. The summed E-state index contributed by atoms with van der Waals surface area (Å²) in [5.74, 6) is -0.922. The molecular formula is C48H85NO8P+. The molecular weight excluding hydrogens is 750 g/mol. The van der Waals surface area contributed by atoms with E-state index in [1.165, 1.54) is 83.5 Å². The molecule has 0 bridgehead atoms. The fraction of sp³-hybridized carbons (Fsp3) is 0.708. The Labute approximate surface area is 355 Å². The molecule has 0 aromatic heterocycles. The zero-order chi connectivity index (χ0) is 42.8. The molecule has 0 amide bonds. The van der Waals surface area contributed by atoms with E-state index in [-0.39, 0.29) is 26.1 Å². The number of likely N-dealkylation sites (N-methyl/N-ethyl adjacent to an activating group) is 1. The molecule has 0 rings (SSSR count). The van der Waals surface area contributed by atoms with Crippen LogP contribution in [0.25, 0.3) is 0 Å². The van der Waals surface area contributed by atoms with Gasteiger partial charge in [-0.05, 0) is 77.0 Å². The Morgan fingerprint density at radius 2 is 0.931 bits per heavy atom. The van der Waals surface area contributed by atoms with E-state index in [1.54, 1.807) is 0 Å². The molecule has 10 heteroatoms. The average Bonchev–Trinajstić information content (AvgIpc) is 3.17. The maximum absolute atomic E-state index is 12.7. The van der Waals surface area contributed by atoms with Gasteiger partial charge in [-0.3, -0.25) is 18.6 Å². The highest BCUT2D eigenvalue weighted by atomic mass is 31.2. The van der Waals surface area contributed by atoms with E-state index >= 15 is 0 Å². The monoisotopic (exact) mass is 835 g/mol. The van der Waals surface area contributed by atoms with Crippen molar-refractivity contribution in [2.45, 2.75) is 174 Å². The van der Waals surface area contributed by atoms with Crippen LogP contribution >= 0.6 is 7.82 Å². The lowest BCUT2D eigenvalue weighted by atomic mass is 10.1. The van der Waals surface area contributed by atoms with Gasteiger partial charge in [-0.15, -0.1) is 0 Å². The summed E-state index contributed by atoms with van der Waals surface area (Å²) < 4.78 is 34.2. The van der Waals surface area contributed by atoms with Crippen LogP contribution in [0.15, 0.2) is 72.9 Å². The number of unbranched alkanes of at least 4 members (excludes halogenated alkanes) is 14. The SMILES string of the molecule is CCCCC/C=C/C/C=C/C/C=C/C/C=C/CCCC(=O)O[C@H](COC(=O)CCC/C=C/C/C=C/CCCCCCCCCCC)COP(=O)(O)OCC[N+](C)(C)C. The first-order valence-corrected chi connectivity index (χ1v) is 24.2. The van der Waals surface area contributed by atoms with Gasteiger partial charge in [0.25, 0.3) is 0 Å². The van der Waals surface area contributed by atoms with Crippen molar-refractivity contribution in [2.75, 3.05) is 47.5 Å². The number of esters is 2. The number of allylic oxidation sites excluding steroid dienone is 12. The van der Waals surface area contributed by atoms with Crippen molar-refractivity contribution in [2.24, 2.45) is 0 Å². The molecule has 0 radical (unpaired) electrons. The summed E-state index contributed by atoms with van der Waals surface area (Å²) in [4.78, 5) is 35.3. The predicted octanol–water partition coefficient (Wildman–Crippen LogP) is 13.0. The molecule has 0 aliphatic rings. The summed E-state index contributed by atoms with van der Waals surface area (Å²) in [5, 5.41) is 0. The van der Waals surface area contributed by atoms with Crippen LogP contribution in [-0.2, 0) is 32.7 Å². The number of carbonyl (C=O) groups is 2. The van der Waals surface area contributed by atoms with Gasteiger partial charge in [0.05, 0.1) is 27.7 Å². The molecule has 9 nitrogen and oxygen atoms in total. The second kappa shape index (κ2) is 39.9. The summed E-state index contributed by atoms with van der Waals surface area (Å²) in [6, 6.07) is 0. The molecule has 0 saturated heterocycles. The third-order valence-electron chi connectivity index (χ3n) is 9.21. The molecule has 58 heavy (non-hydrogen) atoms. The number of ether oxygens (including phenoxy) is 2. The minimum Gasteiger partial charge on any atom is -0.462 e.